The molecule has 3 nitrogen and oxygen atoms in total. The van der Waals surface area contributed by atoms with Crippen molar-refractivity contribution in [3.63, 3.8) is 0 Å². The normalized spacial score (nSPS) is 32.1. The second-order valence-corrected chi connectivity index (χ2v) is 8.43. The van der Waals surface area contributed by atoms with Gasteiger partial charge in [-0.2, -0.15) is 0 Å². The molecule has 3 aliphatic rings. The van der Waals surface area contributed by atoms with Gasteiger partial charge < -0.3 is 11.1 Å². The van der Waals surface area contributed by atoms with Crippen LogP contribution >= 0.6 is 12.4 Å². The molecule has 0 heterocycles. The highest BCUT2D eigenvalue weighted by atomic mass is 35.5. The minimum absolute atomic E-state index is 0. The number of fused-ring (bicyclic) bond motifs is 2. The number of benzene rings is 1. The molecule has 4 rings (SSSR count). The number of carbonyl (C=O) groups is 1. The zero-order chi connectivity index (χ0) is 17.4. The van der Waals surface area contributed by atoms with Gasteiger partial charge >= 0.3 is 0 Å². The first-order valence-corrected chi connectivity index (χ1v) is 9.93. The summed E-state index contributed by atoms with van der Waals surface area (Å²) in [5.41, 5.74) is 7.40. The van der Waals surface area contributed by atoms with E-state index in [1.54, 1.807) is 0 Å². The fourth-order valence-corrected chi connectivity index (χ4v) is 5.19. The van der Waals surface area contributed by atoms with Crippen LogP contribution in [0, 0.1) is 29.5 Å². The first kappa shape index (κ1) is 19.6. The first-order chi connectivity index (χ1) is 12.1. The fraction of sp³-hybridized carbons (Fsp3) is 0.667. The van der Waals surface area contributed by atoms with Crippen molar-refractivity contribution in [2.75, 3.05) is 0 Å². The van der Waals surface area contributed by atoms with Gasteiger partial charge in [0.05, 0.1) is 6.04 Å². The van der Waals surface area contributed by atoms with Crippen LogP contribution in [0.15, 0.2) is 24.3 Å². The van der Waals surface area contributed by atoms with Crippen molar-refractivity contribution in [3.05, 3.63) is 35.6 Å². The molecule has 0 radical (unpaired) electrons. The van der Waals surface area contributed by atoms with Crippen molar-refractivity contribution < 1.29 is 9.18 Å². The van der Waals surface area contributed by atoms with E-state index in [4.69, 9.17) is 5.73 Å². The topological polar surface area (TPSA) is 55.1 Å². The molecule has 3 saturated carbocycles. The van der Waals surface area contributed by atoms with E-state index < -0.39 is 0 Å². The third-order valence-corrected chi connectivity index (χ3v) is 6.93. The number of amides is 1. The molecule has 1 aromatic carbocycles. The third kappa shape index (κ3) is 3.91. The van der Waals surface area contributed by atoms with E-state index in [1.807, 2.05) is 12.1 Å². The second-order valence-electron chi connectivity index (χ2n) is 8.43. The van der Waals surface area contributed by atoms with Crippen LogP contribution in [0.3, 0.4) is 0 Å². The Morgan fingerprint density at radius 2 is 1.62 bits per heavy atom. The molecule has 0 aromatic heterocycles. The molecule has 0 aliphatic heterocycles. The van der Waals surface area contributed by atoms with Crippen LogP contribution in [0.4, 0.5) is 4.39 Å². The third-order valence-electron chi connectivity index (χ3n) is 6.93. The van der Waals surface area contributed by atoms with Crippen LogP contribution in [0.25, 0.3) is 0 Å². The number of rotatable bonds is 4. The van der Waals surface area contributed by atoms with E-state index in [2.05, 4.69) is 5.32 Å². The molecule has 3 unspecified atom stereocenters. The summed E-state index contributed by atoms with van der Waals surface area (Å²) in [6.45, 7) is 0. The van der Waals surface area contributed by atoms with Crippen molar-refractivity contribution in [3.8, 4) is 0 Å². The van der Waals surface area contributed by atoms with Crippen molar-refractivity contribution in [2.24, 2.45) is 29.4 Å². The molecule has 2 bridgehead atoms. The summed E-state index contributed by atoms with van der Waals surface area (Å²) in [7, 11) is 0. The SMILES string of the molecule is Cl.NC1C2CCCC1CC(C(=O)NC(c1ccc(F)cc1)C1CCC1)C2. The Labute approximate surface area is 161 Å². The number of hydrogen-bond acceptors (Lipinski definition) is 2. The molecule has 0 spiro atoms. The van der Waals surface area contributed by atoms with E-state index >= 15 is 0 Å². The minimum Gasteiger partial charge on any atom is -0.349 e. The standard InChI is InChI=1S/C21H29FN2O.ClH/c22-18-9-7-14(8-10-18)20(13-3-1-4-13)24-21(25)17-11-15-5-2-6-16(12-17)19(15)23;/h7-10,13,15-17,19-20H,1-6,11-12,23H2,(H,24,25);1H. The Morgan fingerprint density at radius 3 is 2.15 bits per heavy atom. The van der Waals surface area contributed by atoms with Crippen LogP contribution in [-0.4, -0.2) is 11.9 Å². The lowest BCUT2D eigenvalue weighted by atomic mass is 9.65. The minimum atomic E-state index is -0.225. The number of nitrogens with two attached hydrogens (primary N) is 1. The van der Waals surface area contributed by atoms with E-state index in [1.165, 1.54) is 37.8 Å². The highest BCUT2D eigenvalue weighted by molar-refractivity contribution is 5.85. The highest BCUT2D eigenvalue weighted by Gasteiger charge is 2.41. The summed E-state index contributed by atoms with van der Waals surface area (Å²) >= 11 is 0. The Hall–Kier alpha value is -1.13. The Kier molecular flexibility index (Phi) is 6.24. The van der Waals surface area contributed by atoms with Gasteiger partial charge in [0.25, 0.3) is 0 Å². The van der Waals surface area contributed by atoms with Gasteiger partial charge in [-0.3, -0.25) is 4.79 Å². The molecule has 1 aromatic rings. The van der Waals surface area contributed by atoms with Gasteiger partial charge in [0.1, 0.15) is 5.82 Å². The molecule has 3 fully saturated rings. The highest BCUT2D eigenvalue weighted by Crippen LogP contribution is 2.43. The van der Waals surface area contributed by atoms with Crippen molar-refractivity contribution in [1.29, 1.82) is 0 Å². The van der Waals surface area contributed by atoms with Crippen molar-refractivity contribution in [1.82, 2.24) is 5.32 Å². The summed E-state index contributed by atoms with van der Waals surface area (Å²) in [4.78, 5) is 13.0. The van der Waals surface area contributed by atoms with Crippen molar-refractivity contribution in [2.45, 2.75) is 63.5 Å². The van der Waals surface area contributed by atoms with Gasteiger partial charge in [-0.25, -0.2) is 4.39 Å². The number of carbonyl (C=O) groups excluding carboxylic acids is 1. The van der Waals surface area contributed by atoms with Gasteiger partial charge in [0.15, 0.2) is 0 Å². The van der Waals surface area contributed by atoms with E-state index in [0.717, 1.165) is 31.2 Å². The summed E-state index contributed by atoms with van der Waals surface area (Å²) in [6.07, 6.45) is 8.98. The predicted molar refractivity (Wildman–Crippen MR) is 103 cm³/mol. The molecule has 144 valence electrons. The van der Waals surface area contributed by atoms with Gasteiger partial charge in [-0.05, 0) is 74.0 Å². The summed E-state index contributed by atoms with van der Waals surface area (Å²) in [6, 6.07) is 6.96. The van der Waals surface area contributed by atoms with Crippen LogP contribution < -0.4 is 11.1 Å². The van der Waals surface area contributed by atoms with Crippen LogP contribution in [-0.2, 0) is 4.79 Å². The maximum absolute atomic E-state index is 13.3. The smallest absolute Gasteiger partial charge is 0.223 e. The lowest BCUT2D eigenvalue weighted by Crippen LogP contribution is -2.50. The van der Waals surface area contributed by atoms with E-state index in [0.29, 0.717) is 17.8 Å². The lowest BCUT2D eigenvalue weighted by molar-refractivity contribution is -0.129. The molecular formula is C21H30ClFN2O. The molecule has 1 amide bonds. The zero-order valence-electron chi connectivity index (χ0n) is 15.2. The molecule has 0 saturated heterocycles. The Balaban J connectivity index is 0.00000196. The first-order valence-electron chi connectivity index (χ1n) is 9.93. The van der Waals surface area contributed by atoms with Crippen LogP contribution in [0.1, 0.15) is 63.0 Å². The van der Waals surface area contributed by atoms with Gasteiger partial charge in [0, 0.05) is 12.0 Å². The largest absolute Gasteiger partial charge is 0.349 e. The van der Waals surface area contributed by atoms with Crippen molar-refractivity contribution >= 4 is 18.3 Å². The summed E-state index contributed by atoms with van der Waals surface area (Å²) in [5.74, 6) is 1.56. The molecule has 5 heteroatoms. The number of hydrogen-bond donors (Lipinski definition) is 2. The van der Waals surface area contributed by atoms with Gasteiger partial charge in [0.2, 0.25) is 5.91 Å². The molecule has 3 aliphatic carbocycles. The lowest BCUT2D eigenvalue weighted by Gasteiger charge is -2.44. The molecule has 26 heavy (non-hydrogen) atoms. The predicted octanol–water partition coefficient (Wildman–Crippen LogP) is 4.36. The monoisotopic (exact) mass is 380 g/mol. The van der Waals surface area contributed by atoms with Gasteiger partial charge in [-0.15, -0.1) is 12.4 Å². The number of halogens is 2. The quantitative estimate of drug-likeness (QED) is 0.815. The summed E-state index contributed by atoms with van der Waals surface area (Å²) in [5, 5.41) is 3.33. The van der Waals surface area contributed by atoms with Crippen LogP contribution in [0.5, 0.6) is 0 Å². The fourth-order valence-electron chi connectivity index (χ4n) is 5.19. The summed E-state index contributed by atoms with van der Waals surface area (Å²) < 4.78 is 13.3. The molecule has 3 N–H and O–H groups in total. The Bertz CT molecular complexity index is 605. The average Bonchev–Trinajstić information content (AvgIpc) is 2.53. The number of nitrogens with one attached hydrogen (secondary N) is 1. The van der Waals surface area contributed by atoms with Crippen LogP contribution in [0.2, 0.25) is 0 Å². The average molecular weight is 381 g/mol. The molecular weight excluding hydrogens is 351 g/mol. The maximum Gasteiger partial charge on any atom is 0.223 e. The van der Waals surface area contributed by atoms with E-state index in [9.17, 15) is 9.18 Å². The maximum atomic E-state index is 13.3. The van der Waals surface area contributed by atoms with E-state index in [-0.39, 0.29) is 42.1 Å². The van der Waals surface area contributed by atoms with Gasteiger partial charge in [-0.1, -0.05) is 25.0 Å². The second kappa shape index (κ2) is 8.26. The molecule has 3 atom stereocenters. The Morgan fingerprint density at radius 1 is 1.04 bits per heavy atom. The zero-order valence-corrected chi connectivity index (χ0v) is 16.0.